The van der Waals surface area contributed by atoms with Crippen molar-refractivity contribution in [3.05, 3.63) is 0 Å². The van der Waals surface area contributed by atoms with Gasteiger partial charge < -0.3 is 4.74 Å². The van der Waals surface area contributed by atoms with Crippen molar-refractivity contribution < 1.29 is 31.1 Å². The number of ether oxygens (including phenoxy) is 1. The molecule has 3 nitrogen and oxygen atoms in total. The van der Waals surface area contributed by atoms with Crippen LogP contribution in [0.3, 0.4) is 0 Å². The second-order valence-corrected chi connectivity index (χ2v) is 5.48. The van der Waals surface area contributed by atoms with Crippen LogP contribution in [-0.4, -0.2) is 36.1 Å². The van der Waals surface area contributed by atoms with Crippen LogP contribution < -0.4 is 5.32 Å². The van der Waals surface area contributed by atoms with E-state index in [1.807, 2.05) is 6.07 Å². The molecule has 0 saturated heterocycles. The predicted molar refractivity (Wildman–Crippen MR) is 61.2 cm³/mol. The fourth-order valence-electron chi connectivity index (χ4n) is 2.01. The van der Waals surface area contributed by atoms with Gasteiger partial charge in [0.25, 0.3) is 0 Å². The Kier molecular flexibility index (Phi) is 5.16. The predicted octanol–water partition coefficient (Wildman–Crippen LogP) is 3.31. The van der Waals surface area contributed by atoms with Crippen molar-refractivity contribution in [2.24, 2.45) is 0 Å². The number of hydrogen-bond donors (Lipinski definition) is 1. The third kappa shape index (κ3) is 5.71. The zero-order valence-corrected chi connectivity index (χ0v) is 11.5. The van der Waals surface area contributed by atoms with E-state index in [9.17, 15) is 26.3 Å². The molecule has 21 heavy (non-hydrogen) atoms. The van der Waals surface area contributed by atoms with Crippen LogP contribution in [0.4, 0.5) is 26.3 Å². The highest BCUT2D eigenvalue weighted by Crippen LogP contribution is 2.37. The monoisotopic (exact) mass is 318 g/mol. The van der Waals surface area contributed by atoms with Crippen molar-refractivity contribution in [1.82, 2.24) is 5.32 Å². The van der Waals surface area contributed by atoms with Crippen molar-refractivity contribution in [2.75, 3.05) is 0 Å². The number of halogens is 6. The van der Waals surface area contributed by atoms with E-state index in [4.69, 9.17) is 5.26 Å². The molecule has 0 heterocycles. The molecule has 2 atom stereocenters. The highest BCUT2D eigenvalue weighted by Gasteiger charge is 2.58. The highest BCUT2D eigenvalue weighted by atomic mass is 19.4. The first-order valence-corrected chi connectivity index (χ1v) is 6.35. The quantitative estimate of drug-likeness (QED) is 0.764. The lowest BCUT2D eigenvalue weighted by Crippen LogP contribution is -2.49. The molecular formula is C12H16F6N2O. The Morgan fingerprint density at radius 1 is 1.19 bits per heavy atom. The van der Waals surface area contributed by atoms with E-state index in [0.717, 1.165) is 19.8 Å². The Morgan fingerprint density at radius 2 is 1.67 bits per heavy atom. The summed E-state index contributed by atoms with van der Waals surface area (Å²) < 4.78 is 78.5. The molecule has 1 saturated carbocycles. The van der Waals surface area contributed by atoms with Gasteiger partial charge in [0, 0.05) is 12.5 Å². The minimum Gasteiger partial charge on any atom is -0.358 e. The molecule has 122 valence electrons. The molecule has 0 aliphatic heterocycles. The van der Waals surface area contributed by atoms with Gasteiger partial charge in [0.15, 0.2) is 0 Å². The van der Waals surface area contributed by atoms with Crippen molar-refractivity contribution in [3.63, 3.8) is 0 Å². The molecule has 0 amide bonds. The van der Waals surface area contributed by atoms with Crippen LogP contribution in [0.2, 0.25) is 0 Å². The summed E-state index contributed by atoms with van der Waals surface area (Å²) >= 11 is 0. The van der Waals surface area contributed by atoms with Crippen LogP contribution in [0.5, 0.6) is 0 Å². The van der Waals surface area contributed by atoms with E-state index in [2.05, 4.69) is 10.1 Å². The summed E-state index contributed by atoms with van der Waals surface area (Å²) in [4.78, 5) is 0. The van der Waals surface area contributed by atoms with Gasteiger partial charge in [-0.25, -0.2) is 0 Å². The van der Waals surface area contributed by atoms with Crippen molar-refractivity contribution >= 4 is 0 Å². The second kappa shape index (κ2) is 6.01. The van der Waals surface area contributed by atoms with E-state index in [1.165, 1.54) is 6.92 Å². The molecule has 0 radical (unpaired) electrons. The zero-order valence-electron chi connectivity index (χ0n) is 11.5. The molecule has 2 unspecified atom stereocenters. The van der Waals surface area contributed by atoms with E-state index >= 15 is 0 Å². The average Bonchev–Trinajstić information content (AvgIpc) is 3.06. The fourth-order valence-corrected chi connectivity index (χ4v) is 2.01. The lowest BCUT2D eigenvalue weighted by molar-refractivity contribution is -0.330. The van der Waals surface area contributed by atoms with E-state index in [-0.39, 0.29) is 12.5 Å². The summed E-state index contributed by atoms with van der Waals surface area (Å²) in [5.41, 5.74) is -1.22. The number of hydrogen-bond acceptors (Lipinski definition) is 3. The molecule has 0 aromatic carbocycles. The Morgan fingerprint density at radius 3 is 2.00 bits per heavy atom. The summed E-state index contributed by atoms with van der Waals surface area (Å²) in [7, 11) is 0. The van der Waals surface area contributed by atoms with Crippen LogP contribution in [0.15, 0.2) is 0 Å². The number of rotatable bonds is 6. The van der Waals surface area contributed by atoms with Gasteiger partial charge in [0.05, 0.1) is 12.2 Å². The Bertz CT molecular complexity index is 384. The lowest BCUT2D eigenvalue weighted by Gasteiger charge is -2.30. The SMILES string of the molecule is CC(CC(C)(C#N)NC1CC1)OC(C(F)(F)F)C(F)(F)F. The van der Waals surface area contributed by atoms with E-state index < -0.39 is 30.1 Å². The van der Waals surface area contributed by atoms with Crippen LogP contribution in [0, 0.1) is 11.3 Å². The minimum absolute atomic E-state index is 0.0860. The standard InChI is InChI=1S/C12H16F6N2O/c1-7(5-10(2,6-19)20-8-3-4-8)21-9(11(13,14)15)12(16,17)18/h7-9,20H,3-5H2,1-2H3. The molecule has 0 spiro atoms. The Hall–Kier alpha value is -1.01. The summed E-state index contributed by atoms with van der Waals surface area (Å²) in [6.45, 7) is 2.52. The molecule has 0 bridgehead atoms. The first-order valence-electron chi connectivity index (χ1n) is 6.35. The van der Waals surface area contributed by atoms with Gasteiger partial charge in [-0.2, -0.15) is 31.6 Å². The summed E-state index contributed by atoms with van der Waals surface area (Å²) in [6.07, 6.45) is -14.9. The Balaban J connectivity index is 2.69. The third-order valence-corrected chi connectivity index (χ3v) is 3.01. The lowest BCUT2D eigenvalue weighted by atomic mass is 9.96. The van der Waals surface area contributed by atoms with Crippen LogP contribution in [0.25, 0.3) is 0 Å². The molecule has 1 rings (SSSR count). The molecular weight excluding hydrogens is 302 g/mol. The molecule has 1 N–H and O–H groups in total. The maximum absolute atomic E-state index is 12.4. The smallest absolute Gasteiger partial charge is 0.358 e. The molecule has 1 aliphatic rings. The van der Waals surface area contributed by atoms with Crippen molar-refractivity contribution in [3.8, 4) is 6.07 Å². The topological polar surface area (TPSA) is 45.0 Å². The van der Waals surface area contributed by atoms with Gasteiger partial charge in [0.1, 0.15) is 5.54 Å². The number of nitriles is 1. The molecule has 0 aromatic rings. The number of nitrogens with one attached hydrogen (secondary N) is 1. The minimum atomic E-state index is -5.54. The summed E-state index contributed by atoms with van der Waals surface area (Å²) in [6, 6.07) is 1.96. The van der Waals surface area contributed by atoms with Gasteiger partial charge in [-0.1, -0.05) is 0 Å². The first-order chi connectivity index (χ1) is 9.37. The summed E-state index contributed by atoms with van der Waals surface area (Å²) in [5.74, 6) is 0. The normalized spacial score (nSPS) is 21.0. The van der Waals surface area contributed by atoms with E-state index in [1.54, 1.807) is 0 Å². The van der Waals surface area contributed by atoms with Crippen LogP contribution in [-0.2, 0) is 4.74 Å². The number of alkyl halides is 6. The van der Waals surface area contributed by atoms with Crippen LogP contribution >= 0.6 is 0 Å². The van der Waals surface area contributed by atoms with Gasteiger partial charge in [-0.3, -0.25) is 5.32 Å². The molecule has 1 fully saturated rings. The fraction of sp³-hybridized carbons (Fsp3) is 0.917. The van der Waals surface area contributed by atoms with Gasteiger partial charge in [-0.15, -0.1) is 0 Å². The maximum atomic E-state index is 12.4. The van der Waals surface area contributed by atoms with E-state index in [0.29, 0.717) is 0 Å². The molecule has 0 aromatic heterocycles. The molecule has 9 heteroatoms. The highest BCUT2D eigenvalue weighted by molar-refractivity contribution is 5.08. The Labute approximate surface area is 118 Å². The van der Waals surface area contributed by atoms with Crippen molar-refractivity contribution in [1.29, 1.82) is 5.26 Å². The van der Waals surface area contributed by atoms with Gasteiger partial charge in [-0.05, 0) is 26.7 Å². The summed E-state index contributed by atoms with van der Waals surface area (Å²) in [5, 5.41) is 11.9. The third-order valence-electron chi connectivity index (χ3n) is 3.01. The first kappa shape index (κ1) is 18.0. The van der Waals surface area contributed by atoms with Gasteiger partial charge in [0.2, 0.25) is 6.10 Å². The second-order valence-electron chi connectivity index (χ2n) is 5.48. The zero-order chi connectivity index (χ0) is 16.5. The van der Waals surface area contributed by atoms with Crippen LogP contribution in [0.1, 0.15) is 33.1 Å². The van der Waals surface area contributed by atoms with Gasteiger partial charge >= 0.3 is 12.4 Å². The molecule has 1 aliphatic carbocycles. The largest absolute Gasteiger partial charge is 0.423 e. The van der Waals surface area contributed by atoms with Crippen molar-refractivity contribution in [2.45, 2.75) is 69.3 Å². The maximum Gasteiger partial charge on any atom is 0.423 e. The average molecular weight is 318 g/mol. The number of nitrogens with zero attached hydrogens (tertiary/aromatic N) is 1.